The van der Waals surface area contributed by atoms with Crippen molar-refractivity contribution in [1.82, 2.24) is 4.98 Å². The maximum absolute atomic E-state index is 11.4. The number of hydrogen-bond acceptors (Lipinski definition) is 7. The lowest BCUT2D eigenvalue weighted by Crippen LogP contribution is -2.07. The SMILES string of the molecule is CCOC(=O)Cc1csc(NN=Cc2ccc(SCC)cc2)n1. The van der Waals surface area contributed by atoms with Gasteiger partial charge in [-0.25, -0.2) is 4.98 Å². The summed E-state index contributed by atoms with van der Waals surface area (Å²) in [4.78, 5) is 16.9. The molecule has 23 heavy (non-hydrogen) atoms. The molecule has 2 rings (SSSR count). The van der Waals surface area contributed by atoms with Crippen molar-refractivity contribution >= 4 is 40.4 Å². The first-order valence-electron chi connectivity index (χ1n) is 7.33. The van der Waals surface area contributed by atoms with Gasteiger partial charge in [0.2, 0.25) is 5.13 Å². The van der Waals surface area contributed by atoms with Crippen LogP contribution in [0.15, 0.2) is 39.6 Å². The Balaban J connectivity index is 1.85. The maximum Gasteiger partial charge on any atom is 0.311 e. The summed E-state index contributed by atoms with van der Waals surface area (Å²) in [6.45, 7) is 4.30. The van der Waals surface area contributed by atoms with E-state index in [0.29, 0.717) is 17.4 Å². The van der Waals surface area contributed by atoms with E-state index in [9.17, 15) is 4.79 Å². The van der Waals surface area contributed by atoms with Crippen LogP contribution < -0.4 is 5.43 Å². The number of nitrogens with zero attached hydrogens (tertiary/aromatic N) is 2. The predicted octanol–water partition coefficient (Wildman–Crippen LogP) is 3.81. The van der Waals surface area contributed by atoms with Crippen LogP contribution in [0.4, 0.5) is 5.13 Å². The normalized spacial score (nSPS) is 10.9. The number of rotatable bonds is 8. The van der Waals surface area contributed by atoms with E-state index in [4.69, 9.17) is 4.74 Å². The number of carbonyl (C=O) groups excluding carboxylic acids is 1. The second-order valence-corrected chi connectivity index (χ2v) is 6.69. The van der Waals surface area contributed by atoms with Crippen molar-refractivity contribution in [2.75, 3.05) is 17.8 Å². The van der Waals surface area contributed by atoms with E-state index in [1.54, 1.807) is 13.1 Å². The van der Waals surface area contributed by atoms with Gasteiger partial charge in [-0.15, -0.1) is 23.1 Å². The van der Waals surface area contributed by atoms with Crippen LogP contribution in [0.2, 0.25) is 0 Å². The molecule has 5 nitrogen and oxygen atoms in total. The number of hydrogen-bond donors (Lipinski definition) is 1. The molecular formula is C16H19N3O2S2. The van der Waals surface area contributed by atoms with Crippen molar-refractivity contribution in [3.8, 4) is 0 Å². The van der Waals surface area contributed by atoms with Gasteiger partial charge < -0.3 is 4.74 Å². The lowest BCUT2D eigenvalue weighted by molar-refractivity contribution is -0.142. The van der Waals surface area contributed by atoms with Gasteiger partial charge in [0.15, 0.2) is 0 Å². The highest BCUT2D eigenvalue weighted by Crippen LogP contribution is 2.18. The second-order valence-electron chi connectivity index (χ2n) is 4.50. The minimum atomic E-state index is -0.266. The molecule has 1 N–H and O–H groups in total. The first-order valence-corrected chi connectivity index (χ1v) is 9.19. The first kappa shape index (κ1) is 17.5. The highest BCUT2D eigenvalue weighted by molar-refractivity contribution is 7.99. The Kier molecular flexibility index (Phi) is 7.09. The second kappa shape index (κ2) is 9.32. The lowest BCUT2D eigenvalue weighted by atomic mass is 10.2. The lowest BCUT2D eigenvalue weighted by Gasteiger charge is -1.99. The summed E-state index contributed by atoms with van der Waals surface area (Å²) in [6.07, 6.45) is 1.93. The molecule has 0 aliphatic rings. The number of esters is 1. The number of hydrazone groups is 1. The molecule has 1 heterocycles. The van der Waals surface area contributed by atoms with Crippen molar-refractivity contribution in [2.45, 2.75) is 25.2 Å². The van der Waals surface area contributed by atoms with Crippen molar-refractivity contribution in [3.63, 3.8) is 0 Å². The minimum Gasteiger partial charge on any atom is -0.466 e. The summed E-state index contributed by atoms with van der Waals surface area (Å²) < 4.78 is 4.89. The van der Waals surface area contributed by atoms with Crippen LogP contribution in [0.5, 0.6) is 0 Å². The Hall–Kier alpha value is -1.86. The third kappa shape index (κ3) is 6.03. The van der Waals surface area contributed by atoms with Crippen molar-refractivity contribution in [1.29, 1.82) is 0 Å². The van der Waals surface area contributed by atoms with Crippen LogP contribution in [-0.4, -0.2) is 29.5 Å². The fraction of sp³-hybridized carbons (Fsp3) is 0.312. The van der Waals surface area contributed by atoms with E-state index in [1.165, 1.54) is 16.2 Å². The molecule has 0 saturated carbocycles. The molecule has 2 aromatic rings. The summed E-state index contributed by atoms with van der Waals surface area (Å²) in [5.41, 5.74) is 4.58. The van der Waals surface area contributed by atoms with Gasteiger partial charge in [0.05, 0.1) is 24.9 Å². The third-order valence-electron chi connectivity index (χ3n) is 2.75. The Bertz CT molecular complexity index is 654. The minimum absolute atomic E-state index is 0.187. The summed E-state index contributed by atoms with van der Waals surface area (Å²) in [5.74, 6) is 0.797. The zero-order valence-corrected chi connectivity index (χ0v) is 14.7. The van der Waals surface area contributed by atoms with E-state index in [0.717, 1.165) is 11.3 Å². The number of benzene rings is 1. The summed E-state index contributed by atoms with van der Waals surface area (Å²) in [7, 11) is 0. The van der Waals surface area contributed by atoms with Crippen LogP contribution in [0.1, 0.15) is 25.1 Å². The smallest absolute Gasteiger partial charge is 0.311 e. The quantitative estimate of drug-likeness (QED) is 0.340. The monoisotopic (exact) mass is 349 g/mol. The van der Waals surface area contributed by atoms with Crippen LogP contribution >= 0.6 is 23.1 Å². The summed E-state index contributed by atoms with van der Waals surface area (Å²) in [6, 6.07) is 8.21. The maximum atomic E-state index is 11.4. The molecule has 0 atom stereocenters. The molecule has 0 fully saturated rings. The highest BCUT2D eigenvalue weighted by Gasteiger charge is 2.07. The molecule has 0 aliphatic carbocycles. The average Bonchev–Trinajstić information content (AvgIpc) is 2.97. The number of ether oxygens (including phenoxy) is 1. The van der Waals surface area contributed by atoms with E-state index in [-0.39, 0.29) is 12.4 Å². The van der Waals surface area contributed by atoms with Crippen molar-refractivity contribution in [2.24, 2.45) is 5.10 Å². The van der Waals surface area contributed by atoms with Gasteiger partial charge >= 0.3 is 5.97 Å². The molecule has 1 aromatic carbocycles. The van der Waals surface area contributed by atoms with Crippen molar-refractivity contribution in [3.05, 3.63) is 40.9 Å². The van der Waals surface area contributed by atoms with Gasteiger partial charge in [0, 0.05) is 10.3 Å². The molecule has 0 bridgehead atoms. The average molecular weight is 349 g/mol. The first-order chi connectivity index (χ1) is 11.2. The molecule has 1 aromatic heterocycles. The van der Waals surface area contributed by atoms with Gasteiger partial charge in [0.1, 0.15) is 0 Å². The number of thiazole rings is 1. The van der Waals surface area contributed by atoms with Crippen LogP contribution in [0, 0.1) is 0 Å². The van der Waals surface area contributed by atoms with E-state index >= 15 is 0 Å². The number of carbonyl (C=O) groups is 1. The molecule has 0 saturated heterocycles. The third-order valence-corrected chi connectivity index (χ3v) is 4.44. The standard InChI is InChI=1S/C16H19N3O2S2/c1-3-21-15(20)9-13-11-23-16(18-13)19-17-10-12-5-7-14(8-6-12)22-4-2/h5-8,10-11H,3-4,9H2,1-2H3,(H,18,19). The van der Waals surface area contributed by atoms with Gasteiger partial charge in [-0.1, -0.05) is 19.1 Å². The van der Waals surface area contributed by atoms with Gasteiger partial charge in [0.25, 0.3) is 0 Å². The number of thioether (sulfide) groups is 1. The highest BCUT2D eigenvalue weighted by atomic mass is 32.2. The fourth-order valence-electron chi connectivity index (χ4n) is 1.78. The summed E-state index contributed by atoms with van der Waals surface area (Å²) in [5, 5.41) is 6.64. The van der Waals surface area contributed by atoms with Gasteiger partial charge in [-0.05, 0) is 30.4 Å². The Morgan fingerprint density at radius 3 is 2.87 bits per heavy atom. The van der Waals surface area contributed by atoms with Crippen LogP contribution in [-0.2, 0) is 16.0 Å². The molecule has 0 aliphatic heterocycles. The summed E-state index contributed by atoms with van der Waals surface area (Å²) >= 11 is 3.22. The largest absolute Gasteiger partial charge is 0.466 e. The van der Waals surface area contributed by atoms with E-state index in [2.05, 4.69) is 34.6 Å². The van der Waals surface area contributed by atoms with Crippen LogP contribution in [0.25, 0.3) is 0 Å². The van der Waals surface area contributed by atoms with E-state index < -0.39 is 0 Å². The fourth-order valence-corrected chi connectivity index (χ4v) is 3.10. The zero-order valence-electron chi connectivity index (χ0n) is 13.1. The topological polar surface area (TPSA) is 63.6 Å². The Morgan fingerprint density at radius 2 is 2.17 bits per heavy atom. The molecule has 0 spiro atoms. The van der Waals surface area contributed by atoms with Gasteiger partial charge in [-0.3, -0.25) is 10.2 Å². The Labute approximate surface area is 144 Å². The van der Waals surface area contributed by atoms with Crippen LogP contribution in [0.3, 0.4) is 0 Å². The molecule has 0 radical (unpaired) electrons. The zero-order chi connectivity index (χ0) is 16.5. The molecule has 122 valence electrons. The van der Waals surface area contributed by atoms with Gasteiger partial charge in [-0.2, -0.15) is 5.10 Å². The molecule has 0 amide bonds. The number of anilines is 1. The number of nitrogens with one attached hydrogen (secondary N) is 1. The molecule has 0 unspecified atom stereocenters. The molecular weight excluding hydrogens is 330 g/mol. The Morgan fingerprint density at radius 1 is 1.39 bits per heavy atom. The predicted molar refractivity (Wildman–Crippen MR) is 96.5 cm³/mol. The molecule has 7 heteroatoms. The van der Waals surface area contributed by atoms with E-state index in [1.807, 2.05) is 29.3 Å². The number of aromatic nitrogens is 1. The van der Waals surface area contributed by atoms with Crippen molar-refractivity contribution < 1.29 is 9.53 Å².